The molecule has 0 heterocycles. The first-order chi connectivity index (χ1) is 7.20. The van der Waals surface area contributed by atoms with Crippen LogP contribution in [0.25, 0.3) is 0 Å². The molecule has 0 radical (unpaired) electrons. The molecule has 1 aliphatic rings. The monoisotopic (exact) mass is 211 g/mol. The van der Waals surface area contributed by atoms with E-state index < -0.39 is 0 Å². The zero-order valence-corrected chi connectivity index (χ0v) is 8.55. The fourth-order valence-corrected chi connectivity index (χ4v) is 2.20. The zero-order chi connectivity index (χ0) is 10.8. The predicted molar refractivity (Wildman–Crippen MR) is 55.3 cm³/mol. The molecule has 1 aromatic carbocycles. The Morgan fingerprint density at radius 1 is 1.20 bits per heavy atom. The van der Waals surface area contributed by atoms with Gasteiger partial charge in [0.05, 0.1) is 0 Å². The van der Waals surface area contributed by atoms with Gasteiger partial charge in [0.15, 0.2) is 0 Å². The van der Waals surface area contributed by atoms with Gasteiger partial charge in [-0.25, -0.2) is 8.78 Å². The van der Waals surface area contributed by atoms with Gasteiger partial charge in [0.25, 0.3) is 0 Å². The third-order valence-corrected chi connectivity index (χ3v) is 3.37. The van der Waals surface area contributed by atoms with E-state index in [-0.39, 0.29) is 11.6 Å². The minimum atomic E-state index is -0.366. The molecule has 1 nitrogen and oxygen atoms in total. The molecule has 1 aliphatic carbocycles. The molecular weight excluding hydrogens is 196 g/mol. The number of hydrogen-bond acceptors (Lipinski definition) is 1. The van der Waals surface area contributed by atoms with Gasteiger partial charge in [-0.3, -0.25) is 0 Å². The average Bonchev–Trinajstić information content (AvgIpc) is 2.18. The van der Waals surface area contributed by atoms with Gasteiger partial charge in [-0.05, 0) is 61.4 Å². The maximum Gasteiger partial charge on any atom is 0.126 e. The highest BCUT2D eigenvalue weighted by Gasteiger charge is 2.30. The Morgan fingerprint density at radius 3 is 2.53 bits per heavy atom. The van der Waals surface area contributed by atoms with Crippen molar-refractivity contribution in [1.82, 2.24) is 0 Å². The first-order valence-electron chi connectivity index (χ1n) is 5.34. The first-order valence-corrected chi connectivity index (χ1v) is 5.34. The van der Waals surface area contributed by atoms with Crippen LogP contribution in [0.15, 0.2) is 18.2 Å². The molecule has 3 heteroatoms. The molecule has 0 spiro atoms. The van der Waals surface area contributed by atoms with Crippen molar-refractivity contribution >= 4 is 0 Å². The van der Waals surface area contributed by atoms with Gasteiger partial charge in [0.1, 0.15) is 11.6 Å². The lowest BCUT2D eigenvalue weighted by Gasteiger charge is -2.36. The van der Waals surface area contributed by atoms with E-state index in [1.54, 1.807) is 0 Å². The molecule has 0 aliphatic heterocycles. The van der Waals surface area contributed by atoms with Crippen molar-refractivity contribution in [3.05, 3.63) is 35.4 Å². The third kappa shape index (κ3) is 2.17. The van der Waals surface area contributed by atoms with E-state index in [9.17, 15) is 8.78 Å². The molecule has 2 rings (SSSR count). The Balaban J connectivity index is 2.07. The fraction of sp³-hybridized carbons (Fsp3) is 0.500. The fourth-order valence-electron chi connectivity index (χ4n) is 2.20. The van der Waals surface area contributed by atoms with Crippen LogP contribution in [0.5, 0.6) is 0 Å². The lowest BCUT2D eigenvalue weighted by atomic mass is 9.71. The smallest absolute Gasteiger partial charge is 0.126 e. The van der Waals surface area contributed by atoms with Gasteiger partial charge in [-0.15, -0.1) is 0 Å². The van der Waals surface area contributed by atoms with Crippen LogP contribution in [0, 0.1) is 23.5 Å². The van der Waals surface area contributed by atoms with E-state index in [1.807, 2.05) is 0 Å². The molecule has 0 saturated heterocycles. The molecule has 1 saturated carbocycles. The second-order valence-corrected chi connectivity index (χ2v) is 4.27. The van der Waals surface area contributed by atoms with Crippen molar-refractivity contribution in [2.24, 2.45) is 17.6 Å². The van der Waals surface area contributed by atoms with Crippen LogP contribution in [0.2, 0.25) is 0 Å². The van der Waals surface area contributed by atoms with E-state index in [1.165, 1.54) is 12.1 Å². The Morgan fingerprint density at radius 2 is 1.93 bits per heavy atom. The highest BCUT2D eigenvalue weighted by atomic mass is 19.1. The summed E-state index contributed by atoms with van der Waals surface area (Å²) in [6, 6.07) is 3.64. The highest BCUT2D eigenvalue weighted by molar-refractivity contribution is 5.19. The van der Waals surface area contributed by atoms with Crippen molar-refractivity contribution < 1.29 is 8.78 Å². The van der Waals surface area contributed by atoms with E-state index >= 15 is 0 Å². The number of halogens is 2. The first kappa shape index (κ1) is 10.6. The Hall–Kier alpha value is -0.960. The summed E-state index contributed by atoms with van der Waals surface area (Å²) in [5, 5.41) is 0. The Labute approximate surface area is 88.3 Å². The van der Waals surface area contributed by atoms with Crippen LogP contribution >= 0.6 is 0 Å². The topological polar surface area (TPSA) is 26.0 Å². The van der Waals surface area contributed by atoms with Crippen LogP contribution in [0.3, 0.4) is 0 Å². The molecule has 2 atom stereocenters. The minimum Gasteiger partial charge on any atom is -0.330 e. The number of hydrogen-bond donors (Lipinski definition) is 1. The van der Waals surface area contributed by atoms with Crippen molar-refractivity contribution in [2.45, 2.75) is 19.3 Å². The van der Waals surface area contributed by atoms with Gasteiger partial charge < -0.3 is 5.73 Å². The summed E-state index contributed by atoms with van der Waals surface area (Å²) >= 11 is 0. The molecule has 1 aromatic rings. The summed E-state index contributed by atoms with van der Waals surface area (Å²) in [4.78, 5) is 0. The van der Waals surface area contributed by atoms with Gasteiger partial charge >= 0.3 is 0 Å². The SMILES string of the molecule is NCC1CCC1Cc1cc(F)ccc1F. The van der Waals surface area contributed by atoms with Crippen LogP contribution in [0.1, 0.15) is 18.4 Å². The van der Waals surface area contributed by atoms with E-state index in [4.69, 9.17) is 5.73 Å². The standard InChI is InChI=1S/C12H15F2N/c13-11-3-4-12(14)10(6-11)5-8-1-2-9(8)7-15/h3-4,6,8-9H,1-2,5,7,15H2. The summed E-state index contributed by atoms with van der Waals surface area (Å²) in [5.41, 5.74) is 6.06. The van der Waals surface area contributed by atoms with Gasteiger partial charge in [0.2, 0.25) is 0 Å². The van der Waals surface area contributed by atoms with Crippen LogP contribution in [-0.2, 0) is 6.42 Å². The lowest BCUT2D eigenvalue weighted by Crippen LogP contribution is -2.33. The van der Waals surface area contributed by atoms with Gasteiger partial charge in [-0.2, -0.15) is 0 Å². The average molecular weight is 211 g/mol. The quantitative estimate of drug-likeness (QED) is 0.816. The molecule has 2 unspecified atom stereocenters. The molecular formula is C12H15F2N. The lowest BCUT2D eigenvalue weighted by molar-refractivity contribution is 0.181. The Bertz CT molecular complexity index is 349. The molecule has 0 bridgehead atoms. The zero-order valence-electron chi connectivity index (χ0n) is 8.55. The van der Waals surface area contributed by atoms with Crippen molar-refractivity contribution in [3.8, 4) is 0 Å². The highest BCUT2D eigenvalue weighted by Crippen LogP contribution is 2.36. The molecule has 82 valence electrons. The van der Waals surface area contributed by atoms with Crippen molar-refractivity contribution in [2.75, 3.05) is 6.54 Å². The molecule has 0 aromatic heterocycles. The van der Waals surface area contributed by atoms with Crippen molar-refractivity contribution in [1.29, 1.82) is 0 Å². The second-order valence-electron chi connectivity index (χ2n) is 4.27. The normalized spacial score (nSPS) is 25.0. The summed E-state index contributed by atoms with van der Waals surface area (Å²) < 4.78 is 26.2. The molecule has 2 N–H and O–H groups in total. The minimum absolute atomic E-state index is 0.306. The Kier molecular flexibility index (Phi) is 3.00. The summed E-state index contributed by atoms with van der Waals surface area (Å²) in [6.07, 6.45) is 2.82. The van der Waals surface area contributed by atoms with E-state index in [2.05, 4.69) is 0 Å². The largest absolute Gasteiger partial charge is 0.330 e. The van der Waals surface area contributed by atoms with Crippen LogP contribution < -0.4 is 5.73 Å². The van der Waals surface area contributed by atoms with Crippen LogP contribution in [-0.4, -0.2) is 6.54 Å². The number of rotatable bonds is 3. The maximum absolute atomic E-state index is 13.3. The van der Waals surface area contributed by atoms with Crippen LogP contribution in [0.4, 0.5) is 8.78 Å². The van der Waals surface area contributed by atoms with Gasteiger partial charge in [0, 0.05) is 0 Å². The van der Waals surface area contributed by atoms with Crippen molar-refractivity contribution in [3.63, 3.8) is 0 Å². The summed E-state index contributed by atoms with van der Waals surface area (Å²) in [6.45, 7) is 0.654. The summed E-state index contributed by atoms with van der Waals surface area (Å²) in [5.74, 6) is 0.257. The summed E-state index contributed by atoms with van der Waals surface area (Å²) in [7, 11) is 0. The predicted octanol–water partition coefficient (Wildman–Crippen LogP) is 2.49. The number of benzene rings is 1. The second kappa shape index (κ2) is 4.27. The van der Waals surface area contributed by atoms with E-state index in [0.29, 0.717) is 30.4 Å². The molecule has 0 amide bonds. The van der Waals surface area contributed by atoms with E-state index in [0.717, 1.165) is 18.9 Å². The van der Waals surface area contributed by atoms with Gasteiger partial charge in [-0.1, -0.05) is 0 Å². The molecule has 15 heavy (non-hydrogen) atoms. The maximum atomic E-state index is 13.3. The third-order valence-electron chi connectivity index (χ3n) is 3.37. The number of nitrogens with two attached hydrogens (primary N) is 1. The molecule has 1 fully saturated rings.